The van der Waals surface area contributed by atoms with Gasteiger partial charge in [0.1, 0.15) is 0 Å². The van der Waals surface area contributed by atoms with Gasteiger partial charge < -0.3 is 5.32 Å². The Balaban J connectivity index is 1.75. The summed E-state index contributed by atoms with van der Waals surface area (Å²) in [4.78, 5) is 26.4. The summed E-state index contributed by atoms with van der Waals surface area (Å²) in [6, 6.07) is 8.10. The summed E-state index contributed by atoms with van der Waals surface area (Å²) < 4.78 is 41.6. The van der Waals surface area contributed by atoms with Crippen LogP contribution in [0.25, 0.3) is 5.69 Å². The van der Waals surface area contributed by atoms with E-state index in [2.05, 4.69) is 10.3 Å². The molecule has 0 spiro atoms. The van der Waals surface area contributed by atoms with Crippen molar-refractivity contribution >= 4 is 29.0 Å². The number of amides is 1. The van der Waals surface area contributed by atoms with E-state index in [-0.39, 0.29) is 5.75 Å². The van der Waals surface area contributed by atoms with Crippen LogP contribution in [0.2, 0.25) is 0 Å². The molecule has 31 heavy (non-hydrogen) atoms. The molecule has 1 aromatic heterocycles. The van der Waals surface area contributed by atoms with Crippen molar-refractivity contribution in [3.05, 3.63) is 75.6 Å². The quantitative estimate of drug-likeness (QED) is 0.319. The van der Waals surface area contributed by atoms with Crippen LogP contribution in [0.3, 0.4) is 0 Å². The van der Waals surface area contributed by atoms with Crippen LogP contribution in [0.4, 0.5) is 24.5 Å². The fraction of sp³-hybridized carbons (Fsp3) is 0.200. The number of halogens is 3. The van der Waals surface area contributed by atoms with Crippen molar-refractivity contribution < 1.29 is 22.9 Å². The number of imidazole rings is 1. The van der Waals surface area contributed by atoms with E-state index in [1.165, 1.54) is 0 Å². The molecule has 1 amide bonds. The fourth-order valence-corrected chi connectivity index (χ4v) is 3.76. The first-order chi connectivity index (χ1) is 14.5. The van der Waals surface area contributed by atoms with Crippen molar-refractivity contribution in [2.24, 2.45) is 0 Å². The summed E-state index contributed by atoms with van der Waals surface area (Å²) in [7, 11) is 0. The Morgan fingerprint density at radius 2 is 1.87 bits per heavy atom. The topological polar surface area (TPSA) is 90.1 Å². The largest absolute Gasteiger partial charge is 0.418 e. The number of rotatable bonds is 6. The number of hydrogen-bond donors (Lipinski definition) is 1. The van der Waals surface area contributed by atoms with E-state index in [0.717, 1.165) is 40.7 Å². The zero-order valence-corrected chi connectivity index (χ0v) is 17.3. The molecule has 0 bridgehead atoms. The third-order valence-electron chi connectivity index (χ3n) is 4.22. The Morgan fingerprint density at radius 1 is 1.19 bits per heavy atom. The van der Waals surface area contributed by atoms with Crippen LogP contribution in [0, 0.1) is 24.0 Å². The number of non-ortho nitro benzene ring substituents is 1. The second-order valence-corrected chi connectivity index (χ2v) is 7.69. The average molecular weight is 450 g/mol. The van der Waals surface area contributed by atoms with E-state index < -0.39 is 33.9 Å². The molecule has 3 aromatic rings. The second-order valence-electron chi connectivity index (χ2n) is 6.75. The SMILES string of the molecule is Cc1cc(C)cc(-n2ccnc2SCC(=O)Nc2ccc([N+](=O)[O-])cc2C(F)(F)F)c1. The minimum Gasteiger partial charge on any atom is -0.325 e. The van der Waals surface area contributed by atoms with Crippen molar-refractivity contribution in [1.29, 1.82) is 0 Å². The summed E-state index contributed by atoms with van der Waals surface area (Å²) >= 11 is 1.06. The number of carbonyl (C=O) groups excluding carboxylic acids is 1. The summed E-state index contributed by atoms with van der Waals surface area (Å²) in [5.41, 5.74) is 0.423. The molecule has 0 atom stereocenters. The summed E-state index contributed by atoms with van der Waals surface area (Å²) in [6.07, 6.45) is -1.57. The molecule has 2 aromatic carbocycles. The van der Waals surface area contributed by atoms with Crippen LogP contribution < -0.4 is 5.32 Å². The summed E-state index contributed by atoms with van der Waals surface area (Å²) in [6.45, 7) is 3.91. The lowest BCUT2D eigenvalue weighted by molar-refractivity contribution is -0.385. The van der Waals surface area contributed by atoms with E-state index in [1.807, 2.05) is 32.0 Å². The first-order valence-corrected chi connectivity index (χ1v) is 9.93. The highest BCUT2D eigenvalue weighted by molar-refractivity contribution is 7.99. The van der Waals surface area contributed by atoms with Crippen molar-refractivity contribution in [3.8, 4) is 5.69 Å². The lowest BCUT2D eigenvalue weighted by Crippen LogP contribution is -2.18. The van der Waals surface area contributed by atoms with Crippen LogP contribution in [0.1, 0.15) is 16.7 Å². The van der Waals surface area contributed by atoms with Crippen molar-refractivity contribution in [2.75, 3.05) is 11.1 Å². The van der Waals surface area contributed by atoms with Gasteiger partial charge in [-0.05, 0) is 43.2 Å². The highest BCUT2D eigenvalue weighted by Gasteiger charge is 2.35. The smallest absolute Gasteiger partial charge is 0.325 e. The summed E-state index contributed by atoms with van der Waals surface area (Å²) in [5, 5.41) is 13.5. The Labute approximate surface area is 179 Å². The highest BCUT2D eigenvalue weighted by Crippen LogP contribution is 2.37. The molecular weight excluding hydrogens is 433 g/mol. The molecule has 0 saturated heterocycles. The molecule has 11 heteroatoms. The molecule has 162 valence electrons. The number of aromatic nitrogens is 2. The van der Waals surface area contributed by atoms with Crippen molar-refractivity contribution in [3.63, 3.8) is 0 Å². The fourth-order valence-electron chi connectivity index (χ4n) is 2.99. The molecule has 1 heterocycles. The van der Waals surface area contributed by atoms with Crippen LogP contribution >= 0.6 is 11.8 Å². The number of hydrogen-bond acceptors (Lipinski definition) is 5. The summed E-state index contributed by atoms with van der Waals surface area (Å²) in [5.74, 6) is -0.893. The number of nitrogens with one attached hydrogen (secondary N) is 1. The van der Waals surface area contributed by atoms with E-state index in [4.69, 9.17) is 0 Å². The molecule has 3 rings (SSSR count). The van der Waals surface area contributed by atoms with E-state index >= 15 is 0 Å². The minimum atomic E-state index is -4.86. The normalized spacial score (nSPS) is 11.4. The van der Waals surface area contributed by atoms with Gasteiger partial charge in [-0.1, -0.05) is 17.8 Å². The maximum atomic E-state index is 13.3. The third-order valence-corrected chi connectivity index (χ3v) is 5.18. The second kappa shape index (κ2) is 8.80. The maximum absolute atomic E-state index is 13.3. The van der Waals surface area contributed by atoms with E-state index in [1.54, 1.807) is 17.0 Å². The molecule has 0 aliphatic rings. The third kappa shape index (κ3) is 5.43. The predicted octanol–water partition coefficient (Wildman–Crippen LogP) is 5.15. The number of nitrogens with zero attached hydrogens (tertiary/aromatic N) is 3. The zero-order chi connectivity index (χ0) is 22.8. The van der Waals surface area contributed by atoms with Gasteiger partial charge in [-0.2, -0.15) is 13.2 Å². The van der Waals surface area contributed by atoms with Gasteiger partial charge in [0.25, 0.3) is 5.69 Å². The van der Waals surface area contributed by atoms with Gasteiger partial charge in [0.2, 0.25) is 5.91 Å². The molecule has 0 unspecified atom stereocenters. The molecule has 0 aliphatic heterocycles. The van der Waals surface area contributed by atoms with Crippen LogP contribution in [0.5, 0.6) is 0 Å². The van der Waals surface area contributed by atoms with Crippen LogP contribution in [0.15, 0.2) is 53.9 Å². The van der Waals surface area contributed by atoms with Gasteiger partial charge in [-0.3, -0.25) is 19.5 Å². The van der Waals surface area contributed by atoms with Gasteiger partial charge in [0, 0.05) is 30.2 Å². The van der Waals surface area contributed by atoms with E-state index in [0.29, 0.717) is 11.2 Å². The number of anilines is 1. The van der Waals surface area contributed by atoms with Crippen molar-refractivity contribution in [2.45, 2.75) is 25.2 Å². The van der Waals surface area contributed by atoms with Gasteiger partial charge >= 0.3 is 6.18 Å². The molecular formula is C20H17F3N4O3S. The Hall–Kier alpha value is -3.34. The lowest BCUT2D eigenvalue weighted by atomic mass is 10.1. The Bertz CT molecular complexity index is 1120. The van der Waals surface area contributed by atoms with E-state index in [9.17, 15) is 28.1 Å². The van der Waals surface area contributed by atoms with Crippen LogP contribution in [-0.2, 0) is 11.0 Å². The zero-order valence-electron chi connectivity index (χ0n) is 16.4. The Morgan fingerprint density at radius 3 is 2.48 bits per heavy atom. The van der Waals surface area contributed by atoms with Crippen molar-refractivity contribution in [1.82, 2.24) is 9.55 Å². The maximum Gasteiger partial charge on any atom is 0.418 e. The van der Waals surface area contributed by atoms with Gasteiger partial charge in [-0.25, -0.2) is 4.98 Å². The first-order valence-electron chi connectivity index (χ1n) is 8.95. The molecule has 0 saturated carbocycles. The number of nitro benzene ring substituents is 1. The predicted molar refractivity (Wildman–Crippen MR) is 110 cm³/mol. The average Bonchev–Trinajstić information content (AvgIpc) is 3.13. The first kappa shape index (κ1) is 22.3. The number of nitro groups is 1. The molecule has 7 nitrogen and oxygen atoms in total. The van der Waals surface area contributed by atoms with Gasteiger partial charge in [-0.15, -0.1) is 0 Å². The standard InChI is InChI=1S/C20H17F3N4O3S/c1-12-7-13(2)9-15(8-12)26-6-5-24-19(26)31-11-18(28)25-17-4-3-14(27(29)30)10-16(17)20(21,22)23/h3-10H,11H2,1-2H3,(H,25,28). The van der Waals surface area contributed by atoms with Gasteiger partial charge in [0.05, 0.1) is 21.9 Å². The number of aryl methyl sites for hydroxylation is 2. The number of carbonyl (C=O) groups is 1. The number of alkyl halides is 3. The van der Waals surface area contributed by atoms with Crippen LogP contribution in [-0.4, -0.2) is 26.1 Å². The minimum absolute atomic E-state index is 0.198. The molecule has 1 N–H and O–H groups in total. The monoisotopic (exact) mass is 450 g/mol. The lowest BCUT2D eigenvalue weighted by Gasteiger charge is -2.14. The molecule has 0 aliphatic carbocycles. The molecule has 0 radical (unpaired) electrons. The molecule has 0 fully saturated rings. The van der Waals surface area contributed by atoms with Gasteiger partial charge in [0.15, 0.2) is 5.16 Å². The Kier molecular flexibility index (Phi) is 6.34. The number of benzene rings is 2. The highest BCUT2D eigenvalue weighted by atomic mass is 32.2. The number of thioether (sulfide) groups is 1.